The molecule has 7 nitrogen and oxygen atoms in total. The highest BCUT2D eigenvalue weighted by Crippen LogP contribution is 2.40. The molecule has 0 saturated heterocycles. The van der Waals surface area contributed by atoms with E-state index in [9.17, 15) is 9.59 Å². The molecule has 0 radical (unpaired) electrons. The van der Waals surface area contributed by atoms with E-state index >= 15 is 0 Å². The van der Waals surface area contributed by atoms with Gasteiger partial charge in [-0.3, -0.25) is 4.79 Å². The van der Waals surface area contributed by atoms with Crippen molar-refractivity contribution in [1.29, 1.82) is 0 Å². The number of thiophene rings is 1. The average Bonchev–Trinajstić information content (AvgIpc) is 3.26. The van der Waals surface area contributed by atoms with Crippen LogP contribution < -0.4 is 15.6 Å². The summed E-state index contributed by atoms with van der Waals surface area (Å²) in [6.07, 6.45) is 3.81. The molecule has 0 unspecified atom stereocenters. The van der Waals surface area contributed by atoms with Crippen LogP contribution in [0.5, 0.6) is 5.75 Å². The lowest BCUT2D eigenvalue weighted by Gasteiger charge is -2.11. The van der Waals surface area contributed by atoms with Crippen LogP contribution in [0.25, 0.3) is 11.0 Å². The topological polar surface area (TPSA) is 90.1 Å². The zero-order valence-corrected chi connectivity index (χ0v) is 20.9. The minimum atomic E-state index is -0.388. The fraction of sp³-hybridized carbons (Fsp3) is 0.250. The number of fused-ring (bicyclic) bond motifs is 2. The Balaban J connectivity index is 1.64. The van der Waals surface area contributed by atoms with Gasteiger partial charge in [0, 0.05) is 16.0 Å². The van der Waals surface area contributed by atoms with Gasteiger partial charge >= 0.3 is 5.97 Å². The molecule has 8 heteroatoms. The monoisotopic (exact) mass is 502 g/mol. The molecule has 4 aromatic rings. The molecule has 0 aliphatic heterocycles. The Labute approximate surface area is 212 Å². The first-order valence-corrected chi connectivity index (χ1v) is 12.7. The van der Waals surface area contributed by atoms with Gasteiger partial charge in [-0.2, -0.15) is 0 Å². The SMILES string of the molecule is CCOC(=O)c1c(/N=c2\oc3ccccc3cc2C(=O)Nc2ccc(OC)cc2)sc2c1CCCC2. The average molecular weight is 503 g/mol. The van der Waals surface area contributed by atoms with E-state index in [1.54, 1.807) is 44.4 Å². The van der Waals surface area contributed by atoms with Gasteiger partial charge in [-0.1, -0.05) is 18.2 Å². The molecular formula is C28H26N2O5S. The molecule has 0 spiro atoms. The fourth-order valence-electron chi connectivity index (χ4n) is 4.32. The Hall–Kier alpha value is -3.91. The first-order chi connectivity index (χ1) is 17.6. The third-order valence-corrected chi connectivity index (χ3v) is 7.27. The number of carbonyl (C=O) groups excluding carboxylic acids is 2. The minimum Gasteiger partial charge on any atom is -0.497 e. The summed E-state index contributed by atoms with van der Waals surface area (Å²) < 4.78 is 16.7. The van der Waals surface area contributed by atoms with Crippen molar-refractivity contribution in [2.75, 3.05) is 19.0 Å². The van der Waals surface area contributed by atoms with E-state index in [2.05, 4.69) is 5.32 Å². The molecule has 2 heterocycles. The maximum absolute atomic E-state index is 13.4. The number of nitrogens with zero attached hydrogens (tertiary/aromatic N) is 1. The number of rotatable bonds is 6. The predicted molar refractivity (Wildman–Crippen MR) is 139 cm³/mol. The lowest BCUT2D eigenvalue weighted by molar-refractivity contribution is 0.0526. The van der Waals surface area contributed by atoms with Gasteiger partial charge in [-0.25, -0.2) is 9.79 Å². The highest BCUT2D eigenvalue weighted by molar-refractivity contribution is 7.16. The van der Waals surface area contributed by atoms with Gasteiger partial charge in [0.25, 0.3) is 5.91 Å². The number of carbonyl (C=O) groups is 2. The highest BCUT2D eigenvalue weighted by Gasteiger charge is 2.27. The summed E-state index contributed by atoms with van der Waals surface area (Å²) >= 11 is 1.47. The van der Waals surface area contributed by atoms with E-state index in [1.807, 2.05) is 24.3 Å². The number of nitrogens with one attached hydrogen (secondary N) is 1. The zero-order chi connectivity index (χ0) is 25.1. The molecular weight excluding hydrogens is 476 g/mol. The highest BCUT2D eigenvalue weighted by atomic mass is 32.1. The van der Waals surface area contributed by atoms with Crippen LogP contribution in [0.1, 0.15) is 50.9 Å². The van der Waals surface area contributed by atoms with Crippen molar-refractivity contribution in [2.24, 2.45) is 4.99 Å². The van der Waals surface area contributed by atoms with E-state index in [0.717, 1.165) is 41.5 Å². The van der Waals surface area contributed by atoms with Gasteiger partial charge in [0.2, 0.25) is 5.55 Å². The van der Waals surface area contributed by atoms with Crippen LogP contribution in [0.2, 0.25) is 0 Å². The first kappa shape index (κ1) is 23.8. The molecule has 2 aromatic carbocycles. The molecule has 184 valence electrons. The zero-order valence-electron chi connectivity index (χ0n) is 20.1. The van der Waals surface area contributed by atoms with Gasteiger partial charge in [-0.15, -0.1) is 11.3 Å². The Bertz CT molecular complexity index is 1500. The Morgan fingerprint density at radius 3 is 2.64 bits per heavy atom. The minimum absolute atomic E-state index is 0.142. The van der Waals surface area contributed by atoms with E-state index in [0.29, 0.717) is 27.6 Å². The van der Waals surface area contributed by atoms with Crippen LogP contribution in [0.15, 0.2) is 64.0 Å². The number of para-hydroxylation sites is 1. The lowest BCUT2D eigenvalue weighted by atomic mass is 9.95. The van der Waals surface area contributed by atoms with E-state index in [4.69, 9.17) is 18.9 Å². The molecule has 1 aliphatic carbocycles. The standard InChI is InChI=1S/C28H26N2O5S/c1-3-34-28(32)24-20-9-5-7-11-23(20)36-27(24)30-26-21(16-17-8-4-6-10-22(17)35-26)25(31)29-18-12-14-19(33-2)15-13-18/h4,6,8,10,12-16H,3,5,7,9,11H2,1-2H3,(H,29,31)/b30-26-. The summed E-state index contributed by atoms with van der Waals surface area (Å²) in [6.45, 7) is 2.06. The molecule has 0 fully saturated rings. The fourth-order valence-corrected chi connectivity index (χ4v) is 5.57. The number of hydrogen-bond acceptors (Lipinski definition) is 7. The van der Waals surface area contributed by atoms with Crippen molar-refractivity contribution in [3.8, 4) is 5.75 Å². The molecule has 1 aliphatic rings. The third-order valence-electron chi connectivity index (χ3n) is 6.08. The number of methoxy groups -OCH3 is 1. The van der Waals surface area contributed by atoms with Crippen molar-refractivity contribution in [3.63, 3.8) is 0 Å². The number of ether oxygens (including phenoxy) is 2. The Morgan fingerprint density at radius 2 is 1.86 bits per heavy atom. The van der Waals surface area contributed by atoms with Crippen molar-refractivity contribution < 1.29 is 23.5 Å². The quantitative estimate of drug-likeness (QED) is 0.325. The second-order valence-corrected chi connectivity index (χ2v) is 9.49. The summed E-state index contributed by atoms with van der Waals surface area (Å²) in [4.78, 5) is 32.2. The number of benzene rings is 2. The van der Waals surface area contributed by atoms with Gasteiger partial charge in [0.15, 0.2) is 0 Å². The summed E-state index contributed by atoms with van der Waals surface area (Å²) in [5.41, 5.74) is 3.11. The lowest BCUT2D eigenvalue weighted by Crippen LogP contribution is -2.21. The van der Waals surface area contributed by atoms with E-state index < -0.39 is 0 Å². The number of aryl methyl sites for hydroxylation is 1. The molecule has 0 bridgehead atoms. The van der Waals surface area contributed by atoms with Gasteiger partial charge in [0.05, 0.1) is 19.3 Å². The molecule has 0 atom stereocenters. The van der Waals surface area contributed by atoms with Crippen LogP contribution in [0.3, 0.4) is 0 Å². The Kier molecular flexibility index (Phi) is 6.86. The normalized spacial score (nSPS) is 13.3. The maximum Gasteiger partial charge on any atom is 0.341 e. The molecule has 0 saturated carbocycles. The maximum atomic E-state index is 13.4. The van der Waals surface area contributed by atoms with Crippen LogP contribution in [0.4, 0.5) is 10.7 Å². The van der Waals surface area contributed by atoms with Crippen molar-refractivity contribution in [1.82, 2.24) is 0 Å². The van der Waals surface area contributed by atoms with Crippen LogP contribution >= 0.6 is 11.3 Å². The summed E-state index contributed by atoms with van der Waals surface area (Å²) in [6, 6.07) is 16.3. The molecule has 2 aromatic heterocycles. The van der Waals surface area contributed by atoms with E-state index in [-0.39, 0.29) is 29.6 Å². The third kappa shape index (κ3) is 4.77. The number of anilines is 1. The first-order valence-electron chi connectivity index (χ1n) is 11.9. The Morgan fingerprint density at radius 1 is 1.08 bits per heavy atom. The van der Waals surface area contributed by atoms with Crippen molar-refractivity contribution in [2.45, 2.75) is 32.6 Å². The van der Waals surface area contributed by atoms with Crippen LogP contribution in [-0.4, -0.2) is 25.6 Å². The summed E-state index contributed by atoms with van der Waals surface area (Å²) in [7, 11) is 1.59. The predicted octanol–water partition coefficient (Wildman–Crippen LogP) is 6.04. The molecule has 36 heavy (non-hydrogen) atoms. The van der Waals surface area contributed by atoms with Gasteiger partial charge in [-0.05, 0) is 74.6 Å². The second kappa shape index (κ2) is 10.4. The van der Waals surface area contributed by atoms with Crippen LogP contribution in [0, 0.1) is 0 Å². The molecule has 1 amide bonds. The van der Waals surface area contributed by atoms with E-state index in [1.165, 1.54) is 11.3 Å². The molecule has 5 rings (SSSR count). The van der Waals surface area contributed by atoms with Crippen LogP contribution in [-0.2, 0) is 17.6 Å². The van der Waals surface area contributed by atoms with Gasteiger partial charge < -0.3 is 19.2 Å². The number of esters is 1. The van der Waals surface area contributed by atoms with Gasteiger partial charge in [0.1, 0.15) is 21.9 Å². The van der Waals surface area contributed by atoms with Crippen molar-refractivity contribution >= 4 is 44.9 Å². The summed E-state index contributed by atoms with van der Waals surface area (Å²) in [5, 5.41) is 4.19. The second-order valence-electron chi connectivity index (χ2n) is 8.41. The largest absolute Gasteiger partial charge is 0.497 e. The molecule has 1 N–H and O–H groups in total. The smallest absolute Gasteiger partial charge is 0.341 e. The number of hydrogen-bond donors (Lipinski definition) is 1. The number of amides is 1. The van der Waals surface area contributed by atoms with Crippen molar-refractivity contribution in [3.05, 3.63) is 81.7 Å². The summed E-state index contributed by atoms with van der Waals surface area (Å²) in [5.74, 6) is -0.0642.